The summed E-state index contributed by atoms with van der Waals surface area (Å²) >= 11 is 5.58. The van der Waals surface area contributed by atoms with Crippen molar-refractivity contribution < 1.29 is 18.7 Å². The van der Waals surface area contributed by atoms with E-state index in [0.29, 0.717) is 18.7 Å². The van der Waals surface area contributed by atoms with Gasteiger partial charge in [-0.15, -0.1) is 0 Å². The Morgan fingerprint density at radius 3 is 2.68 bits per heavy atom. The molecule has 148 valence electrons. The fourth-order valence-electron chi connectivity index (χ4n) is 2.17. The van der Waals surface area contributed by atoms with E-state index < -0.39 is 11.7 Å². The van der Waals surface area contributed by atoms with E-state index in [0.717, 1.165) is 17.3 Å². The van der Waals surface area contributed by atoms with Crippen LogP contribution in [0.1, 0.15) is 24.1 Å². The average molecular weight is 406 g/mol. The number of nitrogens with zero attached hydrogens (tertiary/aromatic N) is 1. The van der Waals surface area contributed by atoms with Crippen molar-refractivity contribution in [3.8, 4) is 5.75 Å². The molecule has 1 aromatic carbocycles. The zero-order valence-electron chi connectivity index (χ0n) is 15.4. The van der Waals surface area contributed by atoms with E-state index in [-0.39, 0.29) is 29.7 Å². The average Bonchev–Trinajstić information content (AvgIpc) is 2.67. The van der Waals surface area contributed by atoms with Gasteiger partial charge < -0.3 is 15.4 Å². The van der Waals surface area contributed by atoms with Gasteiger partial charge in [-0.05, 0) is 37.1 Å². The number of benzene rings is 1. The number of pyridine rings is 1. The smallest absolute Gasteiger partial charge is 0.262 e. The summed E-state index contributed by atoms with van der Waals surface area (Å²) in [5, 5.41) is 5.30. The number of halogens is 2. The monoisotopic (exact) mass is 405 g/mol. The van der Waals surface area contributed by atoms with Crippen LogP contribution in [-0.4, -0.2) is 23.4 Å². The molecule has 6 nitrogen and oxygen atoms in total. The highest BCUT2D eigenvalue weighted by Gasteiger charge is 2.08. The Balaban J connectivity index is 1.65. The predicted octanol–water partition coefficient (Wildman–Crippen LogP) is 3.29. The van der Waals surface area contributed by atoms with Crippen molar-refractivity contribution in [3.63, 3.8) is 0 Å². The Kier molecular flexibility index (Phi) is 7.95. The van der Waals surface area contributed by atoms with Gasteiger partial charge in [-0.3, -0.25) is 14.6 Å². The van der Waals surface area contributed by atoms with Crippen molar-refractivity contribution in [2.45, 2.75) is 26.3 Å². The first-order chi connectivity index (χ1) is 13.3. The first-order valence-electron chi connectivity index (χ1n) is 8.57. The second-order valence-electron chi connectivity index (χ2n) is 6.10. The molecule has 0 bridgehead atoms. The van der Waals surface area contributed by atoms with Crippen LogP contribution < -0.4 is 15.4 Å². The SMILES string of the molecule is C=C(CCC(=O)NCc1ccc(C)nc1)NC(=O)COc1ccc(Cl)c(F)c1. The molecule has 2 rings (SSSR count). The van der Waals surface area contributed by atoms with Gasteiger partial charge in [-0.25, -0.2) is 4.39 Å². The van der Waals surface area contributed by atoms with Crippen molar-refractivity contribution in [1.82, 2.24) is 15.6 Å². The molecule has 0 aliphatic carbocycles. The summed E-state index contributed by atoms with van der Waals surface area (Å²) in [6.45, 7) is 5.68. The van der Waals surface area contributed by atoms with E-state index in [2.05, 4.69) is 22.2 Å². The fourth-order valence-corrected chi connectivity index (χ4v) is 2.29. The number of nitrogens with one attached hydrogen (secondary N) is 2. The maximum absolute atomic E-state index is 13.3. The third-order valence-corrected chi connectivity index (χ3v) is 4.00. The highest BCUT2D eigenvalue weighted by atomic mass is 35.5. The largest absolute Gasteiger partial charge is 0.484 e. The Morgan fingerprint density at radius 2 is 2.00 bits per heavy atom. The van der Waals surface area contributed by atoms with Gasteiger partial charge >= 0.3 is 0 Å². The number of aromatic nitrogens is 1. The Bertz CT molecular complexity index is 856. The third kappa shape index (κ3) is 7.36. The molecule has 2 N–H and O–H groups in total. The Hall–Kier alpha value is -2.93. The van der Waals surface area contributed by atoms with Crippen molar-refractivity contribution in [2.24, 2.45) is 0 Å². The first-order valence-corrected chi connectivity index (χ1v) is 8.95. The van der Waals surface area contributed by atoms with Crippen LogP contribution in [0.2, 0.25) is 5.02 Å². The molecule has 28 heavy (non-hydrogen) atoms. The number of allylic oxidation sites excluding steroid dienone is 1. The number of carbonyl (C=O) groups excluding carboxylic acids is 2. The van der Waals surface area contributed by atoms with Gasteiger partial charge in [0, 0.05) is 36.6 Å². The van der Waals surface area contributed by atoms with Crippen molar-refractivity contribution in [1.29, 1.82) is 0 Å². The van der Waals surface area contributed by atoms with Gasteiger partial charge in [0.15, 0.2) is 6.61 Å². The molecular formula is C20H21ClFN3O3. The first kappa shape index (κ1) is 21.4. The molecule has 2 aromatic rings. The van der Waals surface area contributed by atoms with E-state index >= 15 is 0 Å². The molecule has 0 atom stereocenters. The lowest BCUT2D eigenvalue weighted by Gasteiger charge is -2.10. The summed E-state index contributed by atoms with van der Waals surface area (Å²) in [4.78, 5) is 27.9. The van der Waals surface area contributed by atoms with E-state index in [1.807, 2.05) is 19.1 Å². The van der Waals surface area contributed by atoms with Crippen LogP contribution in [0.3, 0.4) is 0 Å². The van der Waals surface area contributed by atoms with Crippen LogP contribution in [0, 0.1) is 12.7 Å². The van der Waals surface area contributed by atoms with Crippen LogP contribution in [-0.2, 0) is 16.1 Å². The number of hydrogen-bond donors (Lipinski definition) is 2. The number of rotatable bonds is 9. The number of aryl methyl sites for hydroxylation is 1. The van der Waals surface area contributed by atoms with E-state index in [4.69, 9.17) is 16.3 Å². The molecule has 0 unspecified atom stereocenters. The maximum atomic E-state index is 13.3. The normalized spacial score (nSPS) is 10.2. The van der Waals surface area contributed by atoms with Gasteiger partial charge in [-0.2, -0.15) is 0 Å². The van der Waals surface area contributed by atoms with Crippen LogP contribution in [0.25, 0.3) is 0 Å². The maximum Gasteiger partial charge on any atom is 0.262 e. The lowest BCUT2D eigenvalue weighted by Crippen LogP contribution is -2.29. The Labute approximate surface area is 167 Å². The second-order valence-corrected chi connectivity index (χ2v) is 6.51. The summed E-state index contributed by atoms with van der Waals surface area (Å²) in [7, 11) is 0. The topological polar surface area (TPSA) is 80.3 Å². The Morgan fingerprint density at radius 1 is 1.21 bits per heavy atom. The quantitative estimate of drug-likeness (QED) is 0.670. The lowest BCUT2D eigenvalue weighted by atomic mass is 10.2. The van der Waals surface area contributed by atoms with Crippen molar-refractivity contribution in [2.75, 3.05) is 6.61 Å². The zero-order chi connectivity index (χ0) is 20.5. The van der Waals surface area contributed by atoms with E-state index in [9.17, 15) is 14.0 Å². The highest BCUT2D eigenvalue weighted by molar-refractivity contribution is 6.30. The summed E-state index contributed by atoms with van der Waals surface area (Å²) in [5.41, 5.74) is 2.21. The minimum atomic E-state index is -0.628. The second kappa shape index (κ2) is 10.4. The van der Waals surface area contributed by atoms with Gasteiger partial charge in [0.2, 0.25) is 5.91 Å². The number of hydrogen-bond acceptors (Lipinski definition) is 4. The van der Waals surface area contributed by atoms with Gasteiger partial charge in [0.1, 0.15) is 11.6 Å². The molecule has 0 radical (unpaired) electrons. The minimum absolute atomic E-state index is 0.0258. The number of amides is 2. The van der Waals surface area contributed by atoms with Crippen molar-refractivity contribution >= 4 is 23.4 Å². The molecule has 0 saturated heterocycles. The van der Waals surface area contributed by atoms with Crippen molar-refractivity contribution in [3.05, 3.63) is 70.9 Å². The molecule has 0 aliphatic rings. The molecule has 1 heterocycles. The predicted molar refractivity (Wildman–Crippen MR) is 104 cm³/mol. The van der Waals surface area contributed by atoms with Crippen LogP contribution in [0.5, 0.6) is 5.75 Å². The van der Waals surface area contributed by atoms with Gasteiger partial charge in [-0.1, -0.05) is 24.2 Å². The summed E-state index contributed by atoms with van der Waals surface area (Å²) in [5.74, 6) is -1.06. The lowest BCUT2D eigenvalue weighted by molar-refractivity contribution is -0.123. The van der Waals surface area contributed by atoms with Gasteiger partial charge in [0.05, 0.1) is 5.02 Å². The summed E-state index contributed by atoms with van der Waals surface area (Å²) in [6.07, 6.45) is 2.18. The van der Waals surface area contributed by atoms with Crippen LogP contribution >= 0.6 is 11.6 Å². The molecule has 0 spiro atoms. The van der Waals surface area contributed by atoms with E-state index in [1.54, 1.807) is 6.20 Å². The van der Waals surface area contributed by atoms with Gasteiger partial charge in [0.25, 0.3) is 5.91 Å². The van der Waals surface area contributed by atoms with E-state index in [1.165, 1.54) is 12.1 Å². The van der Waals surface area contributed by atoms with Crippen LogP contribution in [0.15, 0.2) is 48.8 Å². The molecule has 8 heteroatoms. The fraction of sp³-hybridized carbons (Fsp3) is 0.250. The molecule has 0 aliphatic heterocycles. The molecule has 2 amide bonds. The number of ether oxygens (including phenoxy) is 1. The highest BCUT2D eigenvalue weighted by Crippen LogP contribution is 2.20. The number of carbonyl (C=O) groups is 2. The summed E-state index contributed by atoms with van der Waals surface area (Å²) < 4.78 is 18.5. The standard InChI is InChI=1S/C20H21ClFN3O3/c1-13-3-5-15(10-23-13)11-24-19(26)8-4-14(2)25-20(27)12-28-16-6-7-17(21)18(22)9-16/h3,5-7,9-10H,2,4,8,11-12H2,1H3,(H,24,26)(H,25,27). The van der Waals surface area contributed by atoms with Crippen LogP contribution in [0.4, 0.5) is 4.39 Å². The zero-order valence-corrected chi connectivity index (χ0v) is 16.2. The molecule has 0 saturated carbocycles. The third-order valence-electron chi connectivity index (χ3n) is 3.69. The molecule has 1 aromatic heterocycles. The summed E-state index contributed by atoms with van der Waals surface area (Å²) in [6, 6.07) is 7.67. The minimum Gasteiger partial charge on any atom is -0.484 e. The molecular weight excluding hydrogens is 385 g/mol. The molecule has 0 fully saturated rings.